The predicted molar refractivity (Wildman–Crippen MR) is 282 cm³/mol. The normalized spacial score (nSPS) is 21.6. The van der Waals surface area contributed by atoms with Crippen molar-refractivity contribution in [1.82, 2.24) is 30.0 Å². The molecule has 0 radical (unpaired) electrons. The lowest BCUT2D eigenvalue weighted by Crippen LogP contribution is -2.50. The molecule has 72 heavy (non-hydrogen) atoms. The Hall–Kier alpha value is -4.84. The van der Waals surface area contributed by atoms with Crippen molar-refractivity contribution in [2.45, 2.75) is 200 Å². The molecule has 4 fully saturated rings. The third-order valence-electron chi connectivity index (χ3n) is 12.3. The number of aromatic nitrogens is 2. The Morgan fingerprint density at radius 2 is 1.04 bits per heavy atom. The highest BCUT2D eigenvalue weighted by atomic mass is 16.6. The van der Waals surface area contributed by atoms with E-state index in [4.69, 9.17) is 38.7 Å². The standard InChI is InChI=1S/C19H30N2O3.C17H32N2O3.C10H19NO3.C7H7N.C2H4O2/c1-19(2,3)24-18(22)21(4)16-5-7-17(8-6-16)23-14-11-15-9-12-20-13-10-15;1-17(2,3)22-16(20)19(4)14-11-15(12-14)21-10-7-13-5-8-18-9-6-13;1-10(2,3)14-9(13)11(4)7-5-8(12)6-7;1-2-7-3-5-8-6-4-7;1-2(3)4/h9-10,12-13,16-17H,5-8,11,14H2,1-4H3;13-15,18H,5-12H2,1-4H3;7-8,12H,5-6H2,1-4H3;2-6H,1H2;1H3,(H,3,4). The third kappa shape index (κ3) is 27.8. The van der Waals surface area contributed by atoms with E-state index in [9.17, 15) is 14.4 Å². The molecule has 3 amide bonds. The zero-order valence-electron chi connectivity index (χ0n) is 46.1. The molecule has 3 saturated carbocycles. The number of amides is 3. The number of aliphatic carboxylic acids is 1. The molecule has 6 rings (SSSR count). The van der Waals surface area contributed by atoms with Crippen LogP contribution < -0.4 is 5.32 Å². The number of carboxylic acid groups (broad SMARTS) is 1. The van der Waals surface area contributed by atoms with Gasteiger partial charge in [-0.15, -0.1) is 0 Å². The van der Waals surface area contributed by atoms with E-state index in [2.05, 4.69) is 21.9 Å². The van der Waals surface area contributed by atoms with Gasteiger partial charge in [-0.1, -0.05) is 12.7 Å². The van der Waals surface area contributed by atoms with Gasteiger partial charge in [-0.2, -0.15) is 0 Å². The first kappa shape index (κ1) is 63.3. The van der Waals surface area contributed by atoms with Crippen LogP contribution in [0.15, 0.2) is 55.6 Å². The molecule has 1 aliphatic heterocycles. The SMILES string of the molecule is C=Cc1ccncc1.CC(=O)O.CN(C(=O)OC(C)(C)C)C1CC(O)C1.CN(C(=O)OC(C)(C)C)C1CC(OCCC2CCNCC2)C1.CN(C(=O)OC(C)(C)C)C1CCC(OCCc2ccncc2)CC1. The molecular weight excluding hydrogens is 921 g/mol. The number of carboxylic acids is 1. The van der Waals surface area contributed by atoms with E-state index in [1.807, 2.05) is 113 Å². The molecule has 1 saturated heterocycles. The molecule has 3 heterocycles. The summed E-state index contributed by atoms with van der Waals surface area (Å²) in [6.45, 7) is 25.5. The number of piperidine rings is 1. The molecule has 3 N–H and O–H groups in total. The number of ether oxygens (including phenoxy) is 5. The second kappa shape index (κ2) is 31.7. The number of nitrogens with zero attached hydrogens (tertiary/aromatic N) is 5. The maximum Gasteiger partial charge on any atom is 0.410 e. The molecule has 17 nitrogen and oxygen atoms in total. The minimum atomic E-state index is -0.833. The first-order valence-electron chi connectivity index (χ1n) is 25.8. The fraction of sp³-hybridized carbons (Fsp3) is 0.709. The maximum atomic E-state index is 12.1. The number of aliphatic hydroxyl groups excluding tert-OH is 1. The number of rotatable bonds is 12. The highest BCUT2D eigenvalue weighted by Crippen LogP contribution is 2.30. The Kier molecular flexibility index (Phi) is 27.8. The minimum absolute atomic E-state index is 0.139. The average molecular weight is 1010 g/mol. The van der Waals surface area contributed by atoms with Crippen LogP contribution in [0.4, 0.5) is 14.4 Å². The van der Waals surface area contributed by atoms with Gasteiger partial charge >= 0.3 is 18.3 Å². The predicted octanol–water partition coefficient (Wildman–Crippen LogP) is 9.80. The Bertz CT molecular complexity index is 1840. The molecule has 0 spiro atoms. The van der Waals surface area contributed by atoms with Crippen LogP contribution >= 0.6 is 0 Å². The van der Waals surface area contributed by atoms with E-state index in [-0.39, 0.29) is 42.5 Å². The van der Waals surface area contributed by atoms with Crippen molar-refractivity contribution in [2.75, 3.05) is 47.4 Å². The van der Waals surface area contributed by atoms with Gasteiger partial charge in [0.1, 0.15) is 16.8 Å². The van der Waals surface area contributed by atoms with Crippen molar-refractivity contribution < 1.29 is 53.1 Å². The van der Waals surface area contributed by atoms with E-state index < -0.39 is 22.8 Å². The van der Waals surface area contributed by atoms with Gasteiger partial charge in [0.2, 0.25) is 0 Å². The van der Waals surface area contributed by atoms with Crippen LogP contribution in [0, 0.1) is 5.92 Å². The van der Waals surface area contributed by atoms with Crippen LogP contribution in [-0.2, 0) is 34.9 Å². The average Bonchev–Trinajstić information content (AvgIpc) is 3.28. The second-order valence-electron chi connectivity index (χ2n) is 22.1. The van der Waals surface area contributed by atoms with Crippen LogP contribution in [0.5, 0.6) is 0 Å². The molecule has 4 aliphatic rings. The van der Waals surface area contributed by atoms with Crippen LogP contribution in [0.2, 0.25) is 0 Å². The van der Waals surface area contributed by atoms with Crippen molar-refractivity contribution in [3.05, 3.63) is 66.8 Å². The quantitative estimate of drug-likeness (QED) is 0.170. The Labute approximate surface area is 431 Å². The molecule has 0 unspecified atom stereocenters. The molecule has 2 aromatic rings. The largest absolute Gasteiger partial charge is 0.481 e. The van der Waals surface area contributed by atoms with Gasteiger partial charge in [0.15, 0.2) is 0 Å². The van der Waals surface area contributed by atoms with E-state index in [1.165, 1.54) is 24.8 Å². The second-order valence-corrected chi connectivity index (χ2v) is 22.1. The minimum Gasteiger partial charge on any atom is -0.481 e. The first-order valence-corrected chi connectivity index (χ1v) is 25.8. The zero-order valence-corrected chi connectivity index (χ0v) is 46.1. The van der Waals surface area contributed by atoms with E-state index >= 15 is 0 Å². The summed E-state index contributed by atoms with van der Waals surface area (Å²) in [6.07, 6.45) is 20.3. The fourth-order valence-electron chi connectivity index (χ4n) is 7.88. The Morgan fingerprint density at radius 3 is 1.44 bits per heavy atom. The summed E-state index contributed by atoms with van der Waals surface area (Å²) in [5.74, 6) is -0.0124. The summed E-state index contributed by atoms with van der Waals surface area (Å²) in [7, 11) is 5.37. The van der Waals surface area contributed by atoms with Gasteiger partial charge in [-0.25, -0.2) is 14.4 Å². The summed E-state index contributed by atoms with van der Waals surface area (Å²) in [6, 6.07) is 8.52. The lowest BCUT2D eigenvalue weighted by Gasteiger charge is -2.41. The Morgan fingerprint density at radius 1 is 0.639 bits per heavy atom. The highest BCUT2D eigenvalue weighted by Gasteiger charge is 2.37. The lowest BCUT2D eigenvalue weighted by atomic mass is 9.88. The monoisotopic (exact) mass is 1010 g/mol. The van der Waals surface area contributed by atoms with Gasteiger partial charge in [-0.3, -0.25) is 14.8 Å². The number of aliphatic hydroxyl groups is 1. The van der Waals surface area contributed by atoms with Crippen molar-refractivity contribution in [3.63, 3.8) is 0 Å². The first-order chi connectivity index (χ1) is 33.7. The van der Waals surface area contributed by atoms with Crippen molar-refractivity contribution in [3.8, 4) is 0 Å². The van der Waals surface area contributed by atoms with E-state index in [0.29, 0.717) is 25.0 Å². The van der Waals surface area contributed by atoms with E-state index in [0.717, 1.165) is 89.7 Å². The molecule has 408 valence electrons. The summed E-state index contributed by atoms with van der Waals surface area (Å²) in [5, 5.41) is 19.9. The smallest absolute Gasteiger partial charge is 0.410 e. The summed E-state index contributed by atoms with van der Waals surface area (Å²) in [4.78, 5) is 57.5. The highest BCUT2D eigenvalue weighted by molar-refractivity contribution is 5.69. The molecule has 2 aromatic heterocycles. The Balaban J connectivity index is 0.000000339. The summed E-state index contributed by atoms with van der Waals surface area (Å²) >= 11 is 0. The van der Waals surface area contributed by atoms with Gasteiger partial charge in [0.25, 0.3) is 5.97 Å². The van der Waals surface area contributed by atoms with Gasteiger partial charge in [0, 0.05) is 77.6 Å². The molecule has 0 aromatic carbocycles. The van der Waals surface area contributed by atoms with Gasteiger partial charge < -0.3 is 53.9 Å². The molecular formula is C55H92N6O11. The van der Waals surface area contributed by atoms with Crippen molar-refractivity contribution in [2.24, 2.45) is 5.92 Å². The molecule has 0 atom stereocenters. The number of hydrogen-bond acceptors (Lipinski definition) is 13. The number of pyridine rings is 2. The number of nitrogens with one attached hydrogen (secondary N) is 1. The van der Waals surface area contributed by atoms with Crippen LogP contribution in [-0.4, -0.2) is 160 Å². The van der Waals surface area contributed by atoms with Crippen LogP contribution in [0.1, 0.15) is 151 Å². The molecule has 17 heteroatoms. The lowest BCUT2D eigenvalue weighted by molar-refractivity contribution is -0.134. The fourth-order valence-corrected chi connectivity index (χ4v) is 7.88. The molecule has 0 bridgehead atoms. The third-order valence-corrected chi connectivity index (χ3v) is 12.3. The summed E-state index contributed by atoms with van der Waals surface area (Å²) < 4.78 is 28.0. The number of hydrogen-bond donors (Lipinski definition) is 3. The van der Waals surface area contributed by atoms with Gasteiger partial charge in [0.05, 0.1) is 24.9 Å². The van der Waals surface area contributed by atoms with Crippen LogP contribution in [0.3, 0.4) is 0 Å². The zero-order chi connectivity index (χ0) is 54.1. The maximum absolute atomic E-state index is 12.1. The van der Waals surface area contributed by atoms with Crippen molar-refractivity contribution >= 4 is 30.3 Å². The molecule has 3 aliphatic carbocycles. The number of carbonyl (C=O) groups excluding carboxylic acids is 3. The van der Waals surface area contributed by atoms with Crippen molar-refractivity contribution in [1.29, 1.82) is 0 Å². The van der Waals surface area contributed by atoms with Crippen LogP contribution in [0.25, 0.3) is 6.08 Å². The summed E-state index contributed by atoms with van der Waals surface area (Å²) in [5.41, 5.74) is 1.04. The van der Waals surface area contributed by atoms with E-state index in [1.54, 1.807) is 40.2 Å². The van der Waals surface area contributed by atoms with Gasteiger partial charge in [-0.05, 0) is 194 Å². The topological polar surface area (TPSA) is 202 Å². The number of carbonyl (C=O) groups is 4.